The molecule has 0 radical (unpaired) electrons. The number of alkyl halides is 3. The second-order valence-electron chi connectivity index (χ2n) is 3.62. The first-order valence-electron chi connectivity index (χ1n) is 5.35. The molecule has 1 rings (SSSR count). The van der Waals surface area contributed by atoms with E-state index >= 15 is 0 Å². The SMILES string of the molecule is CCc1ccsc1CNCCCC(F)(F)F. The van der Waals surface area contributed by atoms with E-state index in [2.05, 4.69) is 18.3 Å². The Hall–Kier alpha value is -0.550. The fourth-order valence-corrected chi connectivity index (χ4v) is 2.40. The molecule has 0 atom stereocenters. The molecule has 0 unspecified atom stereocenters. The number of hydrogen-bond acceptors (Lipinski definition) is 2. The smallest absolute Gasteiger partial charge is 0.312 e. The molecule has 1 N–H and O–H groups in total. The summed E-state index contributed by atoms with van der Waals surface area (Å²) in [5, 5.41) is 5.06. The Balaban J connectivity index is 2.16. The molecular weight excluding hydrogens is 235 g/mol. The van der Waals surface area contributed by atoms with E-state index in [4.69, 9.17) is 0 Å². The molecule has 16 heavy (non-hydrogen) atoms. The van der Waals surface area contributed by atoms with E-state index < -0.39 is 12.6 Å². The van der Waals surface area contributed by atoms with Gasteiger partial charge in [-0.25, -0.2) is 0 Å². The summed E-state index contributed by atoms with van der Waals surface area (Å²) in [5.41, 5.74) is 1.29. The van der Waals surface area contributed by atoms with Crippen molar-refractivity contribution in [3.63, 3.8) is 0 Å². The highest BCUT2D eigenvalue weighted by Gasteiger charge is 2.25. The Morgan fingerprint density at radius 3 is 2.75 bits per heavy atom. The summed E-state index contributed by atoms with van der Waals surface area (Å²) in [5.74, 6) is 0. The van der Waals surface area contributed by atoms with Gasteiger partial charge in [0.05, 0.1) is 0 Å². The summed E-state index contributed by atoms with van der Waals surface area (Å²) in [6, 6.07) is 2.07. The van der Waals surface area contributed by atoms with Crippen LogP contribution in [0.1, 0.15) is 30.2 Å². The van der Waals surface area contributed by atoms with E-state index in [0.29, 0.717) is 13.1 Å². The van der Waals surface area contributed by atoms with E-state index in [1.807, 2.05) is 5.38 Å². The zero-order chi connectivity index (χ0) is 12.0. The van der Waals surface area contributed by atoms with Crippen molar-refractivity contribution in [3.8, 4) is 0 Å². The van der Waals surface area contributed by atoms with Gasteiger partial charge in [-0.3, -0.25) is 0 Å². The molecule has 0 aliphatic carbocycles. The topological polar surface area (TPSA) is 12.0 Å². The van der Waals surface area contributed by atoms with Gasteiger partial charge in [0.15, 0.2) is 0 Å². The van der Waals surface area contributed by atoms with Crippen LogP contribution in [0.15, 0.2) is 11.4 Å². The van der Waals surface area contributed by atoms with Crippen molar-refractivity contribution in [1.29, 1.82) is 0 Å². The maximum absolute atomic E-state index is 11.8. The van der Waals surface area contributed by atoms with Crippen molar-refractivity contribution in [3.05, 3.63) is 21.9 Å². The van der Waals surface area contributed by atoms with Crippen molar-refractivity contribution >= 4 is 11.3 Å². The third-order valence-corrected chi connectivity index (χ3v) is 3.28. The normalized spacial score (nSPS) is 12.0. The minimum Gasteiger partial charge on any atom is -0.312 e. The largest absolute Gasteiger partial charge is 0.389 e. The number of aryl methyl sites for hydroxylation is 1. The Labute approximate surface area is 97.7 Å². The first-order chi connectivity index (χ1) is 7.53. The van der Waals surface area contributed by atoms with Crippen LogP contribution in [0.3, 0.4) is 0 Å². The lowest BCUT2D eigenvalue weighted by atomic mass is 10.2. The average Bonchev–Trinajstić information content (AvgIpc) is 2.63. The van der Waals surface area contributed by atoms with Crippen LogP contribution in [0.2, 0.25) is 0 Å². The predicted molar refractivity (Wildman–Crippen MR) is 60.7 cm³/mol. The first-order valence-corrected chi connectivity index (χ1v) is 6.23. The van der Waals surface area contributed by atoms with Crippen LogP contribution in [-0.2, 0) is 13.0 Å². The summed E-state index contributed by atoms with van der Waals surface area (Å²) in [6.07, 6.45) is -3.61. The Morgan fingerprint density at radius 1 is 1.38 bits per heavy atom. The minimum atomic E-state index is -4.03. The van der Waals surface area contributed by atoms with Gasteiger partial charge in [0.1, 0.15) is 0 Å². The van der Waals surface area contributed by atoms with Crippen molar-refractivity contribution in [1.82, 2.24) is 5.32 Å². The second-order valence-corrected chi connectivity index (χ2v) is 4.62. The predicted octanol–water partition coefficient (Wildman–Crippen LogP) is 3.74. The molecule has 0 spiro atoms. The molecule has 1 aromatic rings. The molecule has 0 aromatic carbocycles. The Kier molecular flexibility index (Phi) is 5.28. The molecular formula is C11H16F3NS. The van der Waals surface area contributed by atoms with E-state index in [0.717, 1.165) is 6.42 Å². The van der Waals surface area contributed by atoms with Gasteiger partial charge in [0.2, 0.25) is 0 Å². The second kappa shape index (κ2) is 6.25. The van der Waals surface area contributed by atoms with Crippen molar-refractivity contribution in [2.45, 2.75) is 38.9 Å². The molecule has 0 fully saturated rings. The van der Waals surface area contributed by atoms with E-state index in [-0.39, 0.29) is 6.42 Å². The molecule has 0 amide bonds. The van der Waals surface area contributed by atoms with E-state index in [1.54, 1.807) is 11.3 Å². The van der Waals surface area contributed by atoms with Crippen LogP contribution < -0.4 is 5.32 Å². The number of halogens is 3. The van der Waals surface area contributed by atoms with Gasteiger partial charge in [-0.2, -0.15) is 13.2 Å². The fourth-order valence-electron chi connectivity index (χ4n) is 1.45. The highest BCUT2D eigenvalue weighted by molar-refractivity contribution is 7.10. The Bertz CT molecular complexity index is 306. The summed E-state index contributed by atoms with van der Waals surface area (Å²) < 4.78 is 35.5. The zero-order valence-electron chi connectivity index (χ0n) is 9.23. The molecule has 1 heterocycles. The van der Waals surface area contributed by atoms with Gasteiger partial charge in [-0.1, -0.05) is 6.92 Å². The monoisotopic (exact) mass is 251 g/mol. The van der Waals surface area contributed by atoms with Crippen molar-refractivity contribution in [2.24, 2.45) is 0 Å². The molecule has 1 aromatic heterocycles. The van der Waals surface area contributed by atoms with Crippen molar-refractivity contribution < 1.29 is 13.2 Å². The van der Waals surface area contributed by atoms with Crippen LogP contribution in [0.5, 0.6) is 0 Å². The van der Waals surface area contributed by atoms with Crippen LogP contribution in [0.25, 0.3) is 0 Å². The summed E-state index contributed by atoms with van der Waals surface area (Å²) in [4.78, 5) is 1.23. The van der Waals surface area contributed by atoms with E-state index in [9.17, 15) is 13.2 Å². The zero-order valence-corrected chi connectivity index (χ0v) is 10.0. The van der Waals surface area contributed by atoms with Crippen LogP contribution in [-0.4, -0.2) is 12.7 Å². The molecule has 0 saturated heterocycles. The van der Waals surface area contributed by atoms with Crippen LogP contribution in [0.4, 0.5) is 13.2 Å². The summed E-state index contributed by atoms with van der Waals surface area (Å²) in [6.45, 7) is 3.18. The third-order valence-electron chi connectivity index (χ3n) is 2.32. The standard InChI is InChI=1S/C11H16F3NS/c1-2-9-4-7-16-10(9)8-15-6-3-5-11(12,13)14/h4,7,15H,2-3,5-6,8H2,1H3. The van der Waals surface area contributed by atoms with Crippen LogP contribution in [0, 0.1) is 0 Å². The maximum atomic E-state index is 11.8. The van der Waals surface area contributed by atoms with Gasteiger partial charge in [0, 0.05) is 17.8 Å². The lowest BCUT2D eigenvalue weighted by molar-refractivity contribution is -0.135. The van der Waals surface area contributed by atoms with Crippen LogP contribution >= 0.6 is 11.3 Å². The maximum Gasteiger partial charge on any atom is 0.389 e. The highest BCUT2D eigenvalue weighted by atomic mass is 32.1. The Morgan fingerprint density at radius 2 is 2.12 bits per heavy atom. The van der Waals surface area contributed by atoms with E-state index in [1.165, 1.54) is 10.4 Å². The van der Waals surface area contributed by atoms with Gasteiger partial charge < -0.3 is 5.32 Å². The molecule has 0 saturated carbocycles. The molecule has 0 bridgehead atoms. The number of hydrogen-bond donors (Lipinski definition) is 1. The number of rotatable bonds is 6. The molecule has 0 aliphatic rings. The lowest BCUT2D eigenvalue weighted by Gasteiger charge is -2.07. The van der Waals surface area contributed by atoms with Gasteiger partial charge in [-0.15, -0.1) is 11.3 Å². The third kappa shape index (κ3) is 4.99. The first kappa shape index (κ1) is 13.5. The van der Waals surface area contributed by atoms with Crippen molar-refractivity contribution in [2.75, 3.05) is 6.54 Å². The molecule has 0 aliphatic heterocycles. The molecule has 92 valence electrons. The molecule has 1 nitrogen and oxygen atoms in total. The number of nitrogens with one attached hydrogen (secondary N) is 1. The minimum absolute atomic E-state index is 0.149. The van der Waals surface area contributed by atoms with Gasteiger partial charge >= 0.3 is 6.18 Å². The van der Waals surface area contributed by atoms with Gasteiger partial charge in [-0.05, 0) is 36.4 Å². The quantitative estimate of drug-likeness (QED) is 0.759. The fraction of sp³-hybridized carbons (Fsp3) is 0.636. The lowest BCUT2D eigenvalue weighted by Crippen LogP contribution is -2.17. The van der Waals surface area contributed by atoms with Gasteiger partial charge in [0.25, 0.3) is 0 Å². The summed E-state index contributed by atoms with van der Waals surface area (Å²) >= 11 is 1.65. The number of thiophene rings is 1. The highest BCUT2D eigenvalue weighted by Crippen LogP contribution is 2.21. The summed E-state index contributed by atoms with van der Waals surface area (Å²) in [7, 11) is 0. The average molecular weight is 251 g/mol. The molecule has 5 heteroatoms.